The number of hydrogen-bond donors (Lipinski definition) is 0. The first-order valence-corrected chi connectivity index (χ1v) is 10.4. The van der Waals surface area contributed by atoms with Gasteiger partial charge in [0.25, 0.3) is 0 Å². The fourth-order valence-electron chi connectivity index (χ4n) is 4.10. The zero-order valence-corrected chi connectivity index (χ0v) is 17.4. The lowest BCUT2D eigenvalue weighted by molar-refractivity contribution is -0.00167. The second-order valence-electron chi connectivity index (χ2n) is 8.04. The third-order valence-corrected chi connectivity index (χ3v) is 5.98. The van der Waals surface area contributed by atoms with Gasteiger partial charge in [-0.25, -0.2) is 23.7 Å². The van der Waals surface area contributed by atoms with Crippen LogP contribution in [-0.2, 0) is 9.47 Å². The average molecular weight is 427 g/mol. The molecule has 0 bridgehead atoms. The number of rotatable bonds is 3. The molecule has 2 saturated heterocycles. The fourth-order valence-corrected chi connectivity index (χ4v) is 4.10. The molecule has 2 aliphatic heterocycles. The molecule has 2 aliphatic rings. The van der Waals surface area contributed by atoms with Crippen LogP contribution >= 0.6 is 0 Å². The van der Waals surface area contributed by atoms with Crippen LogP contribution in [0.25, 0.3) is 22.4 Å². The Kier molecular flexibility index (Phi) is 5.23. The van der Waals surface area contributed by atoms with E-state index in [4.69, 9.17) is 9.47 Å². The van der Waals surface area contributed by atoms with Crippen LogP contribution in [0.3, 0.4) is 0 Å². The third kappa shape index (κ3) is 3.83. The topological polar surface area (TPSA) is 73.3 Å². The van der Waals surface area contributed by atoms with Gasteiger partial charge in [-0.1, -0.05) is 0 Å². The number of anilines is 1. The van der Waals surface area contributed by atoms with E-state index in [1.165, 1.54) is 12.1 Å². The molecule has 3 aromatic rings. The van der Waals surface area contributed by atoms with Crippen molar-refractivity contribution in [3.8, 4) is 11.3 Å². The van der Waals surface area contributed by atoms with Crippen molar-refractivity contribution in [1.82, 2.24) is 19.9 Å². The van der Waals surface area contributed by atoms with E-state index in [1.54, 1.807) is 0 Å². The van der Waals surface area contributed by atoms with E-state index in [9.17, 15) is 8.78 Å². The summed E-state index contributed by atoms with van der Waals surface area (Å²) in [4.78, 5) is 20.5. The molecule has 0 spiro atoms. The van der Waals surface area contributed by atoms with Gasteiger partial charge in [-0.2, -0.15) is 4.98 Å². The van der Waals surface area contributed by atoms with E-state index >= 15 is 0 Å². The molecular formula is C22H23F2N5O2. The molecule has 9 heteroatoms. The van der Waals surface area contributed by atoms with Gasteiger partial charge in [0, 0.05) is 37.2 Å². The minimum Gasteiger partial charge on any atom is -0.381 e. The quantitative estimate of drug-likeness (QED) is 0.635. The maximum atomic E-state index is 14.7. The smallest absolute Gasteiger partial charge is 0.228 e. The van der Waals surface area contributed by atoms with Crippen LogP contribution < -0.4 is 4.90 Å². The predicted molar refractivity (Wildman–Crippen MR) is 111 cm³/mol. The largest absolute Gasteiger partial charge is 0.381 e. The second-order valence-corrected chi connectivity index (χ2v) is 8.04. The van der Waals surface area contributed by atoms with Crippen LogP contribution in [0.1, 0.15) is 17.8 Å². The van der Waals surface area contributed by atoms with Gasteiger partial charge in [-0.05, 0) is 32.4 Å². The molecule has 1 aromatic carbocycles. The van der Waals surface area contributed by atoms with Crippen molar-refractivity contribution in [1.29, 1.82) is 0 Å². The first-order chi connectivity index (χ1) is 15.0. The molecule has 0 unspecified atom stereocenters. The van der Waals surface area contributed by atoms with Crippen LogP contribution in [-0.4, -0.2) is 59.0 Å². The molecule has 0 aliphatic carbocycles. The summed E-state index contributed by atoms with van der Waals surface area (Å²) in [6, 6.07) is 3.44. The molecule has 2 atom stereocenters. The van der Waals surface area contributed by atoms with Gasteiger partial charge < -0.3 is 14.4 Å². The number of aryl methyl sites for hydroxylation is 2. The van der Waals surface area contributed by atoms with Gasteiger partial charge in [0.05, 0.1) is 30.7 Å². The Balaban J connectivity index is 1.61. The Morgan fingerprint density at radius 3 is 2.65 bits per heavy atom. The monoisotopic (exact) mass is 427 g/mol. The molecule has 2 fully saturated rings. The van der Waals surface area contributed by atoms with E-state index in [-0.39, 0.29) is 11.7 Å². The molecule has 4 heterocycles. The lowest BCUT2D eigenvalue weighted by atomic mass is 10.0. The highest BCUT2D eigenvalue weighted by atomic mass is 19.1. The molecule has 0 radical (unpaired) electrons. The maximum Gasteiger partial charge on any atom is 0.228 e. The van der Waals surface area contributed by atoms with Gasteiger partial charge in [-0.3, -0.25) is 0 Å². The number of halogens is 2. The Hall–Kier alpha value is -2.78. The van der Waals surface area contributed by atoms with E-state index in [0.717, 1.165) is 24.8 Å². The van der Waals surface area contributed by atoms with Crippen LogP contribution in [0.15, 0.2) is 18.2 Å². The van der Waals surface area contributed by atoms with Crippen molar-refractivity contribution in [3.05, 3.63) is 41.2 Å². The standard InChI is InChI=1S/C22H23F2N5O2/c1-12-13(2)26-21-20(25-12)19(16-4-3-15(23)9-17(16)24)27-22(28-21)29-6-8-31-18(10-29)14-5-7-30-11-14/h3-4,9,14,18H,5-8,10-11H2,1-2H3/t14-,18+/m1/s1. The Bertz CT molecular complexity index is 1140. The van der Waals surface area contributed by atoms with Crippen molar-refractivity contribution in [2.45, 2.75) is 26.4 Å². The lowest BCUT2D eigenvalue weighted by Gasteiger charge is -2.35. The summed E-state index contributed by atoms with van der Waals surface area (Å²) in [6.45, 7) is 6.89. The number of nitrogens with zero attached hydrogens (tertiary/aromatic N) is 5. The zero-order valence-electron chi connectivity index (χ0n) is 17.4. The summed E-state index contributed by atoms with van der Waals surface area (Å²) >= 11 is 0. The van der Waals surface area contributed by atoms with Gasteiger partial charge in [0.15, 0.2) is 5.65 Å². The van der Waals surface area contributed by atoms with Crippen molar-refractivity contribution in [2.75, 3.05) is 37.8 Å². The summed E-state index contributed by atoms with van der Waals surface area (Å²) in [7, 11) is 0. The average Bonchev–Trinajstić information content (AvgIpc) is 3.29. The fraction of sp³-hybridized carbons (Fsp3) is 0.455. The lowest BCUT2D eigenvalue weighted by Crippen LogP contribution is -2.46. The highest BCUT2D eigenvalue weighted by Crippen LogP contribution is 2.31. The molecular weight excluding hydrogens is 404 g/mol. The van der Waals surface area contributed by atoms with Crippen LogP contribution in [0.5, 0.6) is 0 Å². The SMILES string of the molecule is Cc1nc2nc(N3CCO[C@H]([C@@H]4CCOC4)C3)nc(-c3ccc(F)cc3F)c2nc1C. The summed E-state index contributed by atoms with van der Waals surface area (Å²) in [6.07, 6.45) is 0.986. The van der Waals surface area contributed by atoms with Gasteiger partial charge >= 0.3 is 0 Å². The summed E-state index contributed by atoms with van der Waals surface area (Å²) in [5, 5.41) is 0. The molecule has 2 aromatic heterocycles. The van der Waals surface area contributed by atoms with Crippen molar-refractivity contribution in [2.24, 2.45) is 5.92 Å². The van der Waals surface area contributed by atoms with E-state index in [2.05, 4.69) is 19.9 Å². The molecule has 7 nitrogen and oxygen atoms in total. The van der Waals surface area contributed by atoms with Crippen LogP contribution in [0.4, 0.5) is 14.7 Å². The second kappa shape index (κ2) is 8.05. The minimum absolute atomic E-state index is 0.0207. The van der Waals surface area contributed by atoms with Crippen molar-refractivity contribution >= 4 is 17.1 Å². The maximum absolute atomic E-state index is 14.7. The number of hydrogen-bond acceptors (Lipinski definition) is 7. The number of morpholine rings is 1. The molecule has 162 valence electrons. The first-order valence-electron chi connectivity index (χ1n) is 10.4. The van der Waals surface area contributed by atoms with Crippen molar-refractivity contribution < 1.29 is 18.3 Å². The summed E-state index contributed by atoms with van der Waals surface area (Å²) in [5.74, 6) is -0.570. The highest BCUT2D eigenvalue weighted by Gasteiger charge is 2.32. The van der Waals surface area contributed by atoms with Gasteiger partial charge in [0.1, 0.15) is 22.8 Å². The van der Waals surface area contributed by atoms with Gasteiger partial charge in [-0.15, -0.1) is 0 Å². The number of benzene rings is 1. The molecule has 5 rings (SSSR count). The van der Waals surface area contributed by atoms with E-state index < -0.39 is 11.6 Å². The van der Waals surface area contributed by atoms with E-state index in [1.807, 2.05) is 18.7 Å². The molecule has 0 saturated carbocycles. The van der Waals surface area contributed by atoms with Crippen LogP contribution in [0, 0.1) is 31.4 Å². The summed E-state index contributed by atoms with van der Waals surface area (Å²) < 4.78 is 39.7. The third-order valence-electron chi connectivity index (χ3n) is 5.98. The highest BCUT2D eigenvalue weighted by molar-refractivity contribution is 5.88. The van der Waals surface area contributed by atoms with E-state index in [0.29, 0.717) is 60.7 Å². The Morgan fingerprint density at radius 1 is 1.03 bits per heavy atom. The first kappa shape index (κ1) is 20.1. The normalized spacial score (nSPS) is 21.7. The summed E-state index contributed by atoms with van der Waals surface area (Å²) in [5.41, 5.74) is 2.71. The Morgan fingerprint density at radius 2 is 1.87 bits per heavy atom. The zero-order chi connectivity index (χ0) is 21.5. The van der Waals surface area contributed by atoms with Crippen molar-refractivity contribution in [3.63, 3.8) is 0 Å². The molecule has 31 heavy (non-hydrogen) atoms. The minimum atomic E-state index is -0.700. The van der Waals surface area contributed by atoms with Crippen LogP contribution in [0.2, 0.25) is 0 Å². The predicted octanol–water partition coefficient (Wildman–Crippen LogP) is 3.22. The molecule has 0 amide bonds. The van der Waals surface area contributed by atoms with Gasteiger partial charge in [0.2, 0.25) is 5.95 Å². The number of fused-ring (bicyclic) bond motifs is 1. The molecule has 0 N–H and O–H groups in total. The number of ether oxygens (including phenoxy) is 2. The number of aromatic nitrogens is 4. The Labute approximate surface area is 178 Å².